The fourth-order valence-electron chi connectivity index (χ4n) is 3.05. The number of H-pyrrole nitrogens is 1. The predicted molar refractivity (Wildman–Crippen MR) is 105 cm³/mol. The molecule has 8 heteroatoms. The molecule has 7 nitrogen and oxygen atoms in total. The van der Waals surface area contributed by atoms with Crippen LogP contribution in [0.3, 0.4) is 0 Å². The number of methoxy groups -OCH3 is 1. The Hall–Kier alpha value is -3.52. The number of pyridine rings is 1. The van der Waals surface area contributed by atoms with Crippen molar-refractivity contribution >= 4 is 16.9 Å². The molecule has 0 saturated carbocycles. The van der Waals surface area contributed by atoms with Gasteiger partial charge < -0.3 is 19.6 Å². The van der Waals surface area contributed by atoms with Gasteiger partial charge in [-0.25, -0.2) is 14.4 Å². The lowest BCUT2D eigenvalue weighted by atomic mass is 10.1. The largest absolute Gasteiger partial charge is 0.383 e. The molecule has 0 radical (unpaired) electrons. The fraction of sp³-hybridized carbons (Fsp3) is 0.150. The van der Waals surface area contributed by atoms with E-state index in [1.807, 2.05) is 12.1 Å². The van der Waals surface area contributed by atoms with E-state index in [9.17, 15) is 9.18 Å². The minimum Gasteiger partial charge on any atom is -0.383 e. The van der Waals surface area contributed by atoms with E-state index in [2.05, 4.69) is 20.3 Å². The van der Waals surface area contributed by atoms with Crippen LogP contribution in [0.15, 0.2) is 59.9 Å². The average molecular weight is 379 g/mol. The Labute approximate surface area is 159 Å². The van der Waals surface area contributed by atoms with Crippen LogP contribution in [0, 0.1) is 5.82 Å². The van der Waals surface area contributed by atoms with E-state index in [-0.39, 0.29) is 11.4 Å². The van der Waals surface area contributed by atoms with Crippen molar-refractivity contribution in [2.24, 2.45) is 0 Å². The average Bonchev–Trinajstić information content (AvgIpc) is 3.10. The summed E-state index contributed by atoms with van der Waals surface area (Å²) in [5.74, 6) is 0.348. The first kappa shape index (κ1) is 17.9. The number of anilines is 1. The Balaban J connectivity index is 1.80. The summed E-state index contributed by atoms with van der Waals surface area (Å²) in [6.45, 7) is 1.22. The van der Waals surface area contributed by atoms with Crippen LogP contribution in [-0.4, -0.2) is 39.8 Å². The van der Waals surface area contributed by atoms with Crippen LogP contribution in [-0.2, 0) is 4.74 Å². The third kappa shape index (κ3) is 3.37. The predicted octanol–water partition coefficient (Wildman–Crippen LogP) is 2.97. The highest BCUT2D eigenvalue weighted by molar-refractivity contribution is 5.94. The normalized spacial score (nSPS) is 11.1. The lowest BCUT2D eigenvalue weighted by Gasteiger charge is -2.05. The molecule has 28 heavy (non-hydrogen) atoms. The number of hydrogen-bond donors (Lipinski definition) is 2. The van der Waals surface area contributed by atoms with E-state index >= 15 is 0 Å². The van der Waals surface area contributed by atoms with E-state index in [4.69, 9.17) is 4.74 Å². The van der Waals surface area contributed by atoms with Gasteiger partial charge in [0.2, 0.25) is 0 Å². The number of fused-ring (bicyclic) bond motifs is 1. The van der Waals surface area contributed by atoms with Gasteiger partial charge in [-0.05, 0) is 30.3 Å². The molecule has 0 unspecified atom stereocenters. The number of nitrogens with zero attached hydrogens (tertiary/aromatic N) is 3. The Kier molecular flexibility index (Phi) is 4.86. The quantitative estimate of drug-likeness (QED) is 0.503. The molecule has 0 atom stereocenters. The van der Waals surface area contributed by atoms with Gasteiger partial charge >= 0.3 is 0 Å². The van der Waals surface area contributed by atoms with Gasteiger partial charge in [0.05, 0.1) is 18.3 Å². The molecule has 0 saturated heterocycles. The van der Waals surface area contributed by atoms with Gasteiger partial charge in [-0.1, -0.05) is 6.07 Å². The summed E-state index contributed by atoms with van der Waals surface area (Å²) in [5.41, 5.74) is 2.20. The van der Waals surface area contributed by atoms with Gasteiger partial charge in [-0.2, -0.15) is 0 Å². The van der Waals surface area contributed by atoms with Gasteiger partial charge in [0.25, 0.3) is 5.56 Å². The highest BCUT2D eigenvalue weighted by Crippen LogP contribution is 2.29. The summed E-state index contributed by atoms with van der Waals surface area (Å²) in [7, 11) is 1.64. The summed E-state index contributed by atoms with van der Waals surface area (Å²) < 4.78 is 20.4. The van der Waals surface area contributed by atoms with Gasteiger partial charge in [-0.3, -0.25) is 4.79 Å². The van der Waals surface area contributed by atoms with Crippen molar-refractivity contribution in [3.63, 3.8) is 0 Å². The molecule has 142 valence electrons. The fourth-order valence-corrected chi connectivity index (χ4v) is 3.05. The molecular weight excluding hydrogens is 361 g/mol. The maximum atomic E-state index is 13.7. The molecule has 4 aromatic rings. The molecule has 3 aromatic heterocycles. The summed E-state index contributed by atoms with van der Waals surface area (Å²) in [6.07, 6.45) is 4.80. The Morgan fingerprint density at radius 1 is 1.25 bits per heavy atom. The van der Waals surface area contributed by atoms with E-state index in [0.29, 0.717) is 41.3 Å². The maximum absolute atomic E-state index is 13.7. The molecule has 0 bridgehead atoms. The second kappa shape index (κ2) is 7.61. The Morgan fingerprint density at radius 3 is 2.89 bits per heavy atom. The zero-order valence-electron chi connectivity index (χ0n) is 15.1. The summed E-state index contributed by atoms with van der Waals surface area (Å²) in [4.78, 5) is 23.8. The van der Waals surface area contributed by atoms with Crippen molar-refractivity contribution in [1.82, 2.24) is 19.5 Å². The number of aromatic amines is 1. The van der Waals surface area contributed by atoms with Crippen molar-refractivity contribution < 1.29 is 9.13 Å². The Morgan fingerprint density at radius 2 is 2.14 bits per heavy atom. The van der Waals surface area contributed by atoms with Crippen molar-refractivity contribution in [3.8, 4) is 16.8 Å². The lowest BCUT2D eigenvalue weighted by molar-refractivity contribution is 0.210. The van der Waals surface area contributed by atoms with Gasteiger partial charge in [0.15, 0.2) is 5.65 Å². The standard InChI is InChI=1S/C20H18FN5O2/c1-28-8-7-22-17-6-5-13(10-23-17)16-11-26(15-4-2-3-14(21)9-15)19-18(16)20(27)25-12-24-19/h2-6,9-12H,7-8H2,1H3,(H,22,23)(H,24,25,27). The molecule has 0 amide bonds. The number of aromatic nitrogens is 4. The molecule has 0 aliphatic heterocycles. The van der Waals surface area contributed by atoms with Crippen molar-refractivity contribution in [3.05, 3.63) is 71.3 Å². The van der Waals surface area contributed by atoms with E-state index in [0.717, 1.165) is 5.56 Å². The second-order valence-corrected chi connectivity index (χ2v) is 6.17. The minimum atomic E-state index is -0.362. The molecule has 3 heterocycles. The smallest absolute Gasteiger partial charge is 0.260 e. The van der Waals surface area contributed by atoms with Crippen molar-refractivity contribution in [2.75, 3.05) is 25.6 Å². The van der Waals surface area contributed by atoms with Crippen molar-refractivity contribution in [1.29, 1.82) is 0 Å². The minimum absolute atomic E-state index is 0.266. The first-order chi connectivity index (χ1) is 13.7. The number of benzene rings is 1. The van der Waals surface area contributed by atoms with Crippen molar-refractivity contribution in [2.45, 2.75) is 0 Å². The third-order valence-corrected chi connectivity index (χ3v) is 4.36. The molecule has 0 aliphatic carbocycles. The molecule has 0 spiro atoms. The third-order valence-electron chi connectivity index (χ3n) is 4.36. The molecule has 4 rings (SSSR count). The number of nitrogens with one attached hydrogen (secondary N) is 2. The summed E-state index contributed by atoms with van der Waals surface area (Å²) >= 11 is 0. The monoisotopic (exact) mass is 379 g/mol. The lowest BCUT2D eigenvalue weighted by Crippen LogP contribution is -2.08. The number of hydrogen-bond acceptors (Lipinski definition) is 5. The zero-order chi connectivity index (χ0) is 19.5. The van der Waals surface area contributed by atoms with E-state index in [1.54, 1.807) is 36.2 Å². The highest BCUT2D eigenvalue weighted by atomic mass is 19.1. The maximum Gasteiger partial charge on any atom is 0.260 e. The molecule has 2 N–H and O–H groups in total. The first-order valence-corrected chi connectivity index (χ1v) is 8.71. The van der Waals surface area contributed by atoms with Gasteiger partial charge in [-0.15, -0.1) is 0 Å². The summed E-state index contributed by atoms with van der Waals surface area (Å²) in [6, 6.07) is 9.85. The summed E-state index contributed by atoms with van der Waals surface area (Å²) in [5, 5.41) is 3.57. The second-order valence-electron chi connectivity index (χ2n) is 6.17. The molecule has 0 fully saturated rings. The van der Waals surface area contributed by atoms with Crippen LogP contribution >= 0.6 is 0 Å². The van der Waals surface area contributed by atoms with Gasteiger partial charge in [0.1, 0.15) is 11.6 Å². The van der Waals surface area contributed by atoms with Crippen LogP contribution in [0.5, 0.6) is 0 Å². The van der Waals surface area contributed by atoms with Crippen LogP contribution in [0.4, 0.5) is 10.2 Å². The van der Waals surface area contributed by atoms with Crippen LogP contribution in [0.2, 0.25) is 0 Å². The number of rotatable bonds is 6. The molecular formula is C20H18FN5O2. The highest BCUT2D eigenvalue weighted by Gasteiger charge is 2.16. The van der Waals surface area contributed by atoms with Gasteiger partial charge in [0, 0.05) is 42.9 Å². The van der Waals surface area contributed by atoms with E-state index in [1.165, 1.54) is 18.5 Å². The molecule has 0 aliphatic rings. The van der Waals surface area contributed by atoms with Crippen LogP contribution in [0.25, 0.3) is 27.8 Å². The SMILES string of the molecule is COCCNc1ccc(-c2cn(-c3cccc(F)c3)c3nc[nH]c(=O)c23)cn1. The number of halogens is 1. The van der Waals surface area contributed by atoms with Crippen LogP contribution in [0.1, 0.15) is 0 Å². The number of ether oxygens (including phenoxy) is 1. The molecule has 1 aromatic carbocycles. The topological polar surface area (TPSA) is 84.8 Å². The zero-order valence-corrected chi connectivity index (χ0v) is 15.1. The van der Waals surface area contributed by atoms with E-state index < -0.39 is 0 Å². The Bertz CT molecular complexity index is 1170. The first-order valence-electron chi connectivity index (χ1n) is 8.71. The van der Waals surface area contributed by atoms with Crippen LogP contribution < -0.4 is 10.9 Å².